The van der Waals surface area contributed by atoms with Gasteiger partial charge in [0.2, 0.25) is 0 Å². The second kappa shape index (κ2) is 5.29. The Balaban J connectivity index is 2.15. The molecule has 0 atom stereocenters. The van der Waals surface area contributed by atoms with Crippen molar-refractivity contribution >= 4 is 10.1 Å². The van der Waals surface area contributed by atoms with Gasteiger partial charge in [-0.2, -0.15) is 8.42 Å². The summed E-state index contributed by atoms with van der Waals surface area (Å²) >= 11 is 0. The first-order valence-corrected chi connectivity index (χ1v) is 6.82. The average Bonchev–Trinajstić information content (AvgIpc) is 2.39. The summed E-state index contributed by atoms with van der Waals surface area (Å²) in [6, 6.07) is 12.4. The molecule has 0 bridgehead atoms. The maximum Gasteiger partial charge on any atom is 0.294 e. The second-order valence-corrected chi connectivity index (χ2v) is 5.15. The van der Waals surface area contributed by atoms with Gasteiger partial charge in [0.05, 0.1) is 12.0 Å². The van der Waals surface area contributed by atoms with Crippen molar-refractivity contribution in [3.05, 3.63) is 48.5 Å². The summed E-state index contributed by atoms with van der Waals surface area (Å²) in [4.78, 5) is -0.172. The standard InChI is InChI=1S/C13H12O5S/c1-17-10-2-4-11(5-3-10)18-12-6-8-13(9-7-12)19(14,15)16/h2-9H,1H3,(H,14,15,16). The minimum absolute atomic E-state index is 0.172. The predicted molar refractivity (Wildman–Crippen MR) is 69.3 cm³/mol. The molecule has 1 N–H and O–H groups in total. The molecule has 0 spiro atoms. The molecule has 19 heavy (non-hydrogen) atoms. The zero-order chi connectivity index (χ0) is 13.9. The second-order valence-electron chi connectivity index (χ2n) is 3.72. The van der Waals surface area contributed by atoms with Gasteiger partial charge in [0.15, 0.2) is 0 Å². The fraction of sp³-hybridized carbons (Fsp3) is 0.0769. The van der Waals surface area contributed by atoms with Gasteiger partial charge in [-0.15, -0.1) is 0 Å². The molecule has 2 aromatic rings. The molecule has 5 nitrogen and oxygen atoms in total. The van der Waals surface area contributed by atoms with Crippen molar-refractivity contribution in [2.24, 2.45) is 0 Å². The van der Waals surface area contributed by atoms with E-state index in [9.17, 15) is 8.42 Å². The van der Waals surface area contributed by atoms with Crippen molar-refractivity contribution in [2.75, 3.05) is 7.11 Å². The van der Waals surface area contributed by atoms with Gasteiger partial charge in [0, 0.05) is 0 Å². The number of benzene rings is 2. The molecule has 0 radical (unpaired) electrons. The summed E-state index contributed by atoms with van der Waals surface area (Å²) in [5.74, 6) is 1.78. The van der Waals surface area contributed by atoms with Crippen molar-refractivity contribution in [3.8, 4) is 17.2 Å². The smallest absolute Gasteiger partial charge is 0.294 e. The Kier molecular flexibility index (Phi) is 3.73. The summed E-state index contributed by atoms with van der Waals surface area (Å²) in [6.45, 7) is 0. The van der Waals surface area contributed by atoms with E-state index in [4.69, 9.17) is 14.0 Å². The Hall–Kier alpha value is -2.05. The van der Waals surface area contributed by atoms with Crippen molar-refractivity contribution < 1.29 is 22.4 Å². The van der Waals surface area contributed by atoms with Gasteiger partial charge >= 0.3 is 0 Å². The minimum atomic E-state index is -4.17. The van der Waals surface area contributed by atoms with Crippen LogP contribution in [0.4, 0.5) is 0 Å². The van der Waals surface area contributed by atoms with Crippen molar-refractivity contribution in [3.63, 3.8) is 0 Å². The van der Waals surface area contributed by atoms with Gasteiger partial charge in [-0.25, -0.2) is 0 Å². The molecule has 0 aliphatic heterocycles. The number of rotatable bonds is 4. The largest absolute Gasteiger partial charge is 0.497 e. The lowest BCUT2D eigenvalue weighted by molar-refractivity contribution is 0.413. The number of methoxy groups -OCH3 is 1. The first kappa shape index (κ1) is 13.4. The highest BCUT2D eigenvalue weighted by Crippen LogP contribution is 2.24. The third kappa shape index (κ3) is 3.46. The Morgan fingerprint density at radius 1 is 0.842 bits per heavy atom. The molecule has 0 aliphatic rings. The van der Waals surface area contributed by atoms with Gasteiger partial charge in [-0.3, -0.25) is 4.55 Å². The lowest BCUT2D eigenvalue weighted by Gasteiger charge is -2.07. The summed E-state index contributed by atoms with van der Waals surface area (Å²) in [5, 5.41) is 0. The van der Waals surface area contributed by atoms with Crippen LogP contribution in [0.15, 0.2) is 53.4 Å². The van der Waals surface area contributed by atoms with Gasteiger partial charge in [-0.05, 0) is 48.5 Å². The van der Waals surface area contributed by atoms with E-state index in [1.54, 1.807) is 31.4 Å². The van der Waals surface area contributed by atoms with Crippen molar-refractivity contribution in [1.82, 2.24) is 0 Å². The monoisotopic (exact) mass is 280 g/mol. The Morgan fingerprint density at radius 3 is 1.68 bits per heavy atom. The summed E-state index contributed by atoms with van der Waals surface area (Å²) in [7, 11) is -2.60. The predicted octanol–water partition coefficient (Wildman–Crippen LogP) is 2.73. The highest BCUT2D eigenvalue weighted by molar-refractivity contribution is 7.85. The zero-order valence-corrected chi connectivity index (χ0v) is 10.9. The molecule has 0 heterocycles. The molecule has 0 saturated carbocycles. The van der Waals surface area contributed by atoms with E-state index >= 15 is 0 Å². The normalized spacial score (nSPS) is 11.1. The highest BCUT2D eigenvalue weighted by atomic mass is 32.2. The topological polar surface area (TPSA) is 72.8 Å². The highest BCUT2D eigenvalue weighted by Gasteiger charge is 2.08. The van der Waals surface area contributed by atoms with Crippen LogP contribution in [-0.2, 0) is 10.1 Å². The van der Waals surface area contributed by atoms with Crippen molar-refractivity contribution in [1.29, 1.82) is 0 Å². The maximum absolute atomic E-state index is 10.9. The van der Waals surface area contributed by atoms with Crippen LogP contribution < -0.4 is 9.47 Å². The number of hydrogen-bond acceptors (Lipinski definition) is 4. The van der Waals surface area contributed by atoms with Crippen LogP contribution in [0.1, 0.15) is 0 Å². The lowest BCUT2D eigenvalue weighted by Crippen LogP contribution is -1.97. The van der Waals surface area contributed by atoms with Gasteiger partial charge < -0.3 is 9.47 Å². The van der Waals surface area contributed by atoms with E-state index in [1.165, 1.54) is 24.3 Å². The average molecular weight is 280 g/mol. The van der Waals surface area contributed by atoms with Gasteiger partial charge in [0.25, 0.3) is 10.1 Å². The van der Waals surface area contributed by atoms with Crippen LogP contribution in [-0.4, -0.2) is 20.1 Å². The quantitative estimate of drug-likeness (QED) is 0.872. The minimum Gasteiger partial charge on any atom is -0.497 e. The Bertz CT molecular complexity index is 644. The van der Waals surface area contributed by atoms with E-state index < -0.39 is 10.1 Å². The Morgan fingerprint density at radius 2 is 1.26 bits per heavy atom. The zero-order valence-electron chi connectivity index (χ0n) is 10.1. The fourth-order valence-corrected chi connectivity index (χ4v) is 1.94. The van der Waals surface area contributed by atoms with E-state index in [-0.39, 0.29) is 4.90 Å². The molecule has 6 heteroatoms. The number of ether oxygens (including phenoxy) is 2. The third-order valence-corrected chi connectivity index (χ3v) is 3.28. The molecule has 0 amide bonds. The third-order valence-electron chi connectivity index (χ3n) is 2.42. The molecule has 2 aromatic carbocycles. The lowest BCUT2D eigenvalue weighted by atomic mass is 10.3. The van der Waals surface area contributed by atoms with Crippen LogP contribution in [0.5, 0.6) is 17.2 Å². The number of hydrogen-bond donors (Lipinski definition) is 1. The maximum atomic E-state index is 10.9. The van der Waals surface area contributed by atoms with Crippen LogP contribution >= 0.6 is 0 Å². The molecule has 0 aliphatic carbocycles. The summed E-state index contributed by atoms with van der Waals surface area (Å²) < 4.78 is 41.1. The van der Waals surface area contributed by atoms with E-state index in [0.717, 1.165) is 0 Å². The van der Waals surface area contributed by atoms with Gasteiger partial charge in [-0.1, -0.05) is 0 Å². The molecule has 0 saturated heterocycles. The molecule has 0 aromatic heterocycles. The summed E-state index contributed by atoms with van der Waals surface area (Å²) in [6.07, 6.45) is 0. The van der Waals surface area contributed by atoms with Crippen LogP contribution in [0.2, 0.25) is 0 Å². The van der Waals surface area contributed by atoms with Crippen LogP contribution in [0.25, 0.3) is 0 Å². The van der Waals surface area contributed by atoms with Crippen molar-refractivity contribution in [2.45, 2.75) is 4.90 Å². The first-order chi connectivity index (χ1) is 8.99. The fourth-order valence-electron chi connectivity index (χ4n) is 1.46. The van der Waals surface area contributed by atoms with Gasteiger partial charge in [0.1, 0.15) is 17.2 Å². The first-order valence-electron chi connectivity index (χ1n) is 5.38. The molecular formula is C13H12O5S. The van der Waals surface area contributed by atoms with Crippen LogP contribution in [0, 0.1) is 0 Å². The molecular weight excluding hydrogens is 268 g/mol. The van der Waals surface area contributed by atoms with E-state index in [2.05, 4.69) is 0 Å². The van der Waals surface area contributed by atoms with Crippen LogP contribution in [0.3, 0.4) is 0 Å². The molecule has 100 valence electrons. The molecule has 2 rings (SSSR count). The summed E-state index contributed by atoms with van der Waals surface area (Å²) in [5.41, 5.74) is 0. The molecule has 0 fully saturated rings. The van der Waals surface area contributed by atoms with E-state index in [1.807, 2.05) is 0 Å². The van der Waals surface area contributed by atoms with E-state index in [0.29, 0.717) is 17.2 Å². The molecule has 0 unspecified atom stereocenters. The Labute approximate surface area is 111 Å². The SMILES string of the molecule is COc1ccc(Oc2ccc(S(=O)(=O)O)cc2)cc1.